The molecule has 162 valence electrons. The molecule has 7 nitrogen and oxygen atoms in total. The summed E-state index contributed by atoms with van der Waals surface area (Å²) in [5.74, 6) is 2.37. The fourth-order valence-electron chi connectivity index (χ4n) is 3.79. The SMILES string of the molecule is COc1cccc(NC(=O)N(Cc2nc3n(n2)CCCCC3)c2ccc(C)c(C)c2)c1. The van der Waals surface area contributed by atoms with Crippen molar-refractivity contribution in [3.8, 4) is 5.75 Å². The molecule has 1 aromatic heterocycles. The molecule has 0 radical (unpaired) electrons. The Hall–Kier alpha value is -3.35. The van der Waals surface area contributed by atoms with Crippen molar-refractivity contribution in [1.82, 2.24) is 14.8 Å². The van der Waals surface area contributed by atoms with Crippen LogP contribution in [0.3, 0.4) is 0 Å². The van der Waals surface area contributed by atoms with Crippen molar-refractivity contribution in [2.75, 3.05) is 17.3 Å². The average Bonchev–Trinajstić information content (AvgIpc) is 3.02. The largest absolute Gasteiger partial charge is 0.497 e. The predicted molar refractivity (Wildman–Crippen MR) is 122 cm³/mol. The number of nitrogens with one attached hydrogen (secondary N) is 1. The van der Waals surface area contributed by atoms with Gasteiger partial charge in [-0.05, 0) is 62.1 Å². The highest BCUT2D eigenvalue weighted by Gasteiger charge is 2.21. The van der Waals surface area contributed by atoms with Gasteiger partial charge in [0, 0.05) is 30.4 Å². The van der Waals surface area contributed by atoms with E-state index in [2.05, 4.69) is 12.2 Å². The molecule has 0 saturated heterocycles. The maximum absolute atomic E-state index is 13.3. The van der Waals surface area contributed by atoms with Crippen LogP contribution in [-0.4, -0.2) is 27.9 Å². The summed E-state index contributed by atoms with van der Waals surface area (Å²) in [5, 5.41) is 7.68. The summed E-state index contributed by atoms with van der Waals surface area (Å²) in [5.41, 5.74) is 3.80. The van der Waals surface area contributed by atoms with Crippen molar-refractivity contribution < 1.29 is 9.53 Å². The van der Waals surface area contributed by atoms with Gasteiger partial charge in [0.1, 0.15) is 11.6 Å². The quantitative estimate of drug-likeness (QED) is 0.640. The third-order valence-electron chi connectivity index (χ3n) is 5.73. The first-order valence-electron chi connectivity index (χ1n) is 10.8. The molecule has 0 spiro atoms. The van der Waals surface area contributed by atoms with Crippen LogP contribution in [-0.2, 0) is 19.5 Å². The number of hydrogen-bond acceptors (Lipinski definition) is 4. The van der Waals surface area contributed by atoms with Crippen LogP contribution in [0.2, 0.25) is 0 Å². The van der Waals surface area contributed by atoms with Gasteiger partial charge in [-0.15, -0.1) is 0 Å². The first-order valence-corrected chi connectivity index (χ1v) is 10.8. The Bertz CT molecular complexity index is 1050. The van der Waals surface area contributed by atoms with E-state index in [-0.39, 0.29) is 6.03 Å². The van der Waals surface area contributed by atoms with E-state index in [1.54, 1.807) is 18.1 Å². The van der Waals surface area contributed by atoms with Gasteiger partial charge in [0.2, 0.25) is 0 Å². The van der Waals surface area contributed by atoms with E-state index in [0.717, 1.165) is 42.9 Å². The zero-order valence-corrected chi connectivity index (χ0v) is 18.4. The molecular weight excluding hydrogens is 390 g/mol. The Balaban J connectivity index is 1.62. The molecule has 0 bridgehead atoms. The zero-order valence-electron chi connectivity index (χ0n) is 18.4. The van der Waals surface area contributed by atoms with Gasteiger partial charge in [-0.3, -0.25) is 4.90 Å². The number of benzene rings is 2. The minimum atomic E-state index is -0.235. The number of methoxy groups -OCH3 is 1. The third-order valence-corrected chi connectivity index (χ3v) is 5.73. The summed E-state index contributed by atoms with van der Waals surface area (Å²) >= 11 is 0. The second-order valence-corrected chi connectivity index (χ2v) is 7.99. The van der Waals surface area contributed by atoms with Crippen molar-refractivity contribution in [2.45, 2.75) is 52.6 Å². The number of fused-ring (bicyclic) bond motifs is 1. The number of nitrogens with zero attached hydrogens (tertiary/aromatic N) is 4. The molecular formula is C24H29N5O2. The van der Waals surface area contributed by atoms with Crippen LogP contribution < -0.4 is 15.0 Å². The third kappa shape index (κ3) is 4.87. The molecule has 1 aliphatic rings. The first kappa shape index (κ1) is 20.9. The highest BCUT2D eigenvalue weighted by Crippen LogP contribution is 2.23. The fraction of sp³-hybridized carbons (Fsp3) is 0.375. The van der Waals surface area contributed by atoms with Crippen LogP contribution in [0.1, 0.15) is 42.0 Å². The second-order valence-electron chi connectivity index (χ2n) is 7.99. The molecule has 7 heteroatoms. The molecule has 31 heavy (non-hydrogen) atoms. The number of hydrogen-bond donors (Lipinski definition) is 1. The maximum atomic E-state index is 13.3. The lowest BCUT2D eigenvalue weighted by atomic mass is 10.1. The van der Waals surface area contributed by atoms with E-state index in [4.69, 9.17) is 14.8 Å². The maximum Gasteiger partial charge on any atom is 0.326 e. The van der Waals surface area contributed by atoms with Crippen molar-refractivity contribution in [3.63, 3.8) is 0 Å². The smallest absolute Gasteiger partial charge is 0.326 e. The number of aromatic nitrogens is 3. The Labute approximate surface area is 183 Å². The van der Waals surface area contributed by atoms with Gasteiger partial charge in [0.05, 0.1) is 13.7 Å². The number of aryl methyl sites for hydroxylation is 4. The molecule has 0 atom stereocenters. The van der Waals surface area contributed by atoms with Crippen molar-refractivity contribution in [3.05, 3.63) is 65.2 Å². The molecule has 2 heterocycles. The van der Waals surface area contributed by atoms with Crippen LogP contribution in [0.15, 0.2) is 42.5 Å². The van der Waals surface area contributed by atoms with Gasteiger partial charge >= 0.3 is 6.03 Å². The number of urea groups is 1. The molecule has 2 amide bonds. The van der Waals surface area contributed by atoms with Gasteiger partial charge in [0.25, 0.3) is 0 Å². The first-order chi connectivity index (χ1) is 15.0. The number of carbonyl (C=O) groups is 1. The molecule has 1 N–H and O–H groups in total. The topological polar surface area (TPSA) is 72.3 Å². The minimum Gasteiger partial charge on any atom is -0.497 e. The summed E-state index contributed by atoms with van der Waals surface area (Å²) in [7, 11) is 1.61. The normalized spacial score (nSPS) is 13.3. The second kappa shape index (κ2) is 9.20. The predicted octanol–water partition coefficient (Wildman–Crippen LogP) is 4.87. The number of ether oxygens (including phenoxy) is 1. The lowest BCUT2D eigenvalue weighted by molar-refractivity contribution is 0.256. The van der Waals surface area contributed by atoms with Crippen LogP contribution in [0.25, 0.3) is 0 Å². The van der Waals surface area contributed by atoms with Crippen LogP contribution in [0.5, 0.6) is 5.75 Å². The number of carbonyl (C=O) groups excluding carboxylic acids is 1. The zero-order chi connectivity index (χ0) is 21.8. The van der Waals surface area contributed by atoms with E-state index in [9.17, 15) is 4.79 Å². The van der Waals surface area contributed by atoms with Crippen LogP contribution in [0, 0.1) is 13.8 Å². The van der Waals surface area contributed by atoms with Gasteiger partial charge in [-0.25, -0.2) is 14.5 Å². The van der Waals surface area contributed by atoms with E-state index in [1.165, 1.54) is 12.0 Å². The van der Waals surface area contributed by atoms with Crippen LogP contribution in [0.4, 0.5) is 16.2 Å². The Morgan fingerprint density at radius 1 is 1.13 bits per heavy atom. The molecule has 0 unspecified atom stereocenters. The summed E-state index contributed by atoms with van der Waals surface area (Å²) in [4.78, 5) is 19.8. The fourth-order valence-corrected chi connectivity index (χ4v) is 3.79. The molecule has 4 rings (SSSR count). The molecule has 2 aromatic carbocycles. The van der Waals surface area contributed by atoms with E-state index in [0.29, 0.717) is 23.8 Å². The Morgan fingerprint density at radius 3 is 2.81 bits per heavy atom. The van der Waals surface area contributed by atoms with Crippen LogP contribution >= 0.6 is 0 Å². The van der Waals surface area contributed by atoms with Crippen molar-refractivity contribution >= 4 is 17.4 Å². The number of amides is 2. The molecule has 0 saturated carbocycles. The number of rotatable bonds is 5. The van der Waals surface area contributed by atoms with E-state index < -0.39 is 0 Å². The van der Waals surface area contributed by atoms with Gasteiger partial charge in [-0.2, -0.15) is 5.10 Å². The highest BCUT2D eigenvalue weighted by molar-refractivity contribution is 6.01. The monoisotopic (exact) mass is 419 g/mol. The van der Waals surface area contributed by atoms with Gasteiger partial charge in [-0.1, -0.05) is 18.6 Å². The summed E-state index contributed by atoms with van der Waals surface area (Å²) < 4.78 is 7.28. The van der Waals surface area contributed by atoms with E-state index >= 15 is 0 Å². The summed E-state index contributed by atoms with van der Waals surface area (Å²) in [6.45, 7) is 5.31. The Kier molecular flexibility index (Phi) is 6.21. The Morgan fingerprint density at radius 2 is 2.00 bits per heavy atom. The van der Waals surface area contributed by atoms with E-state index in [1.807, 2.05) is 48.0 Å². The summed E-state index contributed by atoms with van der Waals surface area (Å²) in [6, 6.07) is 13.1. The minimum absolute atomic E-state index is 0.235. The number of anilines is 2. The lowest BCUT2D eigenvalue weighted by Gasteiger charge is -2.23. The van der Waals surface area contributed by atoms with Crippen molar-refractivity contribution in [2.24, 2.45) is 0 Å². The van der Waals surface area contributed by atoms with Gasteiger partial charge < -0.3 is 10.1 Å². The van der Waals surface area contributed by atoms with Gasteiger partial charge in [0.15, 0.2) is 5.82 Å². The molecule has 0 fully saturated rings. The lowest BCUT2D eigenvalue weighted by Crippen LogP contribution is -2.35. The average molecular weight is 420 g/mol. The summed E-state index contributed by atoms with van der Waals surface area (Å²) in [6.07, 6.45) is 4.40. The molecule has 1 aliphatic heterocycles. The highest BCUT2D eigenvalue weighted by atomic mass is 16.5. The van der Waals surface area contributed by atoms with Crippen molar-refractivity contribution in [1.29, 1.82) is 0 Å². The molecule has 3 aromatic rings. The standard InChI is InChI=1S/C24H29N5O2/c1-17-11-12-20(14-18(17)2)28(24(30)25-19-8-7-9-21(15-19)31-3)16-22-26-23-10-5-4-6-13-29(23)27-22/h7-9,11-12,14-15H,4-6,10,13,16H2,1-3H3,(H,25,30). The molecule has 0 aliphatic carbocycles.